The topological polar surface area (TPSA) is 66.4 Å². The fourth-order valence-electron chi connectivity index (χ4n) is 2.70. The number of aryl methyl sites for hydroxylation is 1. The third-order valence-electron chi connectivity index (χ3n) is 3.94. The number of hydrogen-bond acceptors (Lipinski definition) is 3. The molecular weight excluding hydrogens is 290 g/mol. The van der Waals surface area contributed by atoms with Crippen LogP contribution in [0.5, 0.6) is 0 Å². The quantitative estimate of drug-likeness (QED) is 0.854. The zero-order valence-corrected chi connectivity index (χ0v) is 12.7. The second-order valence-electron chi connectivity index (χ2n) is 5.75. The molecule has 0 bridgehead atoms. The van der Waals surface area contributed by atoms with Crippen molar-refractivity contribution in [2.45, 2.75) is 18.9 Å². The van der Waals surface area contributed by atoms with Gasteiger partial charge in [-0.3, -0.25) is 9.59 Å². The Kier molecular flexibility index (Phi) is 3.84. The standard InChI is InChI=1S/C19H17NO3/c1-13-7-10-17-16(11-13)19(23,18(22)20-17)12-15(21)9-8-14-5-3-2-4-6-14/h2-11,23H,12H2,1H3,(H,20,22). The second kappa shape index (κ2) is 5.82. The number of carbonyl (C=O) groups is 2. The van der Waals surface area contributed by atoms with Crippen molar-refractivity contribution in [3.63, 3.8) is 0 Å². The van der Waals surface area contributed by atoms with E-state index in [1.54, 1.807) is 18.2 Å². The summed E-state index contributed by atoms with van der Waals surface area (Å²) in [4.78, 5) is 24.3. The normalized spacial score (nSPS) is 19.7. The Morgan fingerprint density at radius 3 is 2.70 bits per heavy atom. The maximum absolute atomic E-state index is 12.2. The van der Waals surface area contributed by atoms with Crippen LogP contribution < -0.4 is 5.32 Å². The Morgan fingerprint density at radius 1 is 1.22 bits per heavy atom. The average molecular weight is 307 g/mol. The summed E-state index contributed by atoms with van der Waals surface area (Å²) in [6.07, 6.45) is 2.79. The van der Waals surface area contributed by atoms with Crippen LogP contribution in [-0.2, 0) is 15.2 Å². The van der Waals surface area contributed by atoms with E-state index in [9.17, 15) is 14.7 Å². The van der Waals surface area contributed by atoms with Crippen LogP contribution in [0.1, 0.15) is 23.1 Å². The van der Waals surface area contributed by atoms with Crippen LogP contribution in [-0.4, -0.2) is 16.8 Å². The van der Waals surface area contributed by atoms with Gasteiger partial charge in [-0.1, -0.05) is 54.1 Å². The summed E-state index contributed by atoms with van der Waals surface area (Å²) in [5.74, 6) is -0.861. The van der Waals surface area contributed by atoms with Gasteiger partial charge in [0.05, 0.1) is 6.42 Å². The van der Waals surface area contributed by atoms with E-state index in [1.807, 2.05) is 43.3 Å². The highest BCUT2D eigenvalue weighted by atomic mass is 16.3. The molecule has 116 valence electrons. The van der Waals surface area contributed by atoms with Gasteiger partial charge < -0.3 is 10.4 Å². The molecule has 0 aliphatic carbocycles. The van der Waals surface area contributed by atoms with Gasteiger partial charge in [0.1, 0.15) is 0 Å². The third-order valence-corrected chi connectivity index (χ3v) is 3.94. The van der Waals surface area contributed by atoms with Crippen LogP contribution in [0.15, 0.2) is 54.6 Å². The van der Waals surface area contributed by atoms with Gasteiger partial charge in [0.2, 0.25) is 0 Å². The number of allylic oxidation sites excluding steroid dienone is 1. The molecule has 1 aliphatic rings. The van der Waals surface area contributed by atoms with Crippen molar-refractivity contribution in [1.29, 1.82) is 0 Å². The van der Waals surface area contributed by atoms with Gasteiger partial charge in [0, 0.05) is 11.3 Å². The van der Waals surface area contributed by atoms with E-state index in [1.165, 1.54) is 6.08 Å². The van der Waals surface area contributed by atoms with Crippen molar-refractivity contribution in [3.8, 4) is 0 Å². The predicted molar refractivity (Wildman–Crippen MR) is 88.8 cm³/mol. The maximum atomic E-state index is 12.2. The van der Waals surface area contributed by atoms with Gasteiger partial charge >= 0.3 is 0 Å². The van der Waals surface area contributed by atoms with E-state index in [4.69, 9.17) is 0 Å². The largest absolute Gasteiger partial charge is 0.375 e. The second-order valence-corrected chi connectivity index (χ2v) is 5.75. The number of nitrogens with one attached hydrogen (secondary N) is 1. The molecule has 4 nitrogen and oxygen atoms in total. The predicted octanol–water partition coefficient (Wildman–Crippen LogP) is 2.81. The number of benzene rings is 2. The van der Waals surface area contributed by atoms with Crippen molar-refractivity contribution in [2.75, 3.05) is 5.32 Å². The summed E-state index contributed by atoms with van der Waals surface area (Å²) < 4.78 is 0. The first-order valence-electron chi connectivity index (χ1n) is 7.40. The molecule has 0 saturated heterocycles. The minimum Gasteiger partial charge on any atom is -0.375 e. The summed E-state index contributed by atoms with van der Waals surface area (Å²) >= 11 is 0. The lowest BCUT2D eigenvalue weighted by Gasteiger charge is -2.19. The molecule has 2 aromatic carbocycles. The number of rotatable bonds is 4. The number of anilines is 1. The Bertz CT molecular complexity index is 796. The number of amides is 1. The van der Waals surface area contributed by atoms with Gasteiger partial charge in [-0.15, -0.1) is 0 Å². The first-order chi connectivity index (χ1) is 11.0. The van der Waals surface area contributed by atoms with Gasteiger partial charge in [0.15, 0.2) is 11.4 Å². The summed E-state index contributed by atoms with van der Waals surface area (Å²) in [7, 11) is 0. The molecule has 1 amide bonds. The van der Waals surface area contributed by atoms with E-state index in [0.29, 0.717) is 11.3 Å². The molecule has 3 rings (SSSR count). The van der Waals surface area contributed by atoms with Crippen LogP contribution in [0.4, 0.5) is 5.69 Å². The molecule has 0 saturated carbocycles. The summed E-state index contributed by atoms with van der Waals surface area (Å²) in [6, 6.07) is 14.7. The number of carbonyl (C=O) groups excluding carboxylic acids is 2. The molecule has 2 aromatic rings. The van der Waals surface area contributed by atoms with Crippen molar-refractivity contribution < 1.29 is 14.7 Å². The Morgan fingerprint density at radius 2 is 1.96 bits per heavy atom. The monoisotopic (exact) mass is 307 g/mol. The fourth-order valence-corrected chi connectivity index (χ4v) is 2.70. The summed E-state index contributed by atoms with van der Waals surface area (Å²) in [5.41, 5.74) is 1.03. The molecule has 0 fully saturated rings. The fraction of sp³-hybridized carbons (Fsp3) is 0.158. The van der Waals surface area contributed by atoms with Crippen LogP contribution >= 0.6 is 0 Å². The van der Waals surface area contributed by atoms with Gasteiger partial charge in [0.25, 0.3) is 5.91 Å². The minimum absolute atomic E-state index is 0.279. The lowest BCUT2D eigenvalue weighted by molar-refractivity contribution is -0.138. The molecule has 0 aromatic heterocycles. The Labute approximate surface area is 134 Å². The van der Waals surface area contributed by atoms with Gasteiger partial charge in [-0.25, -0.2) is 0 Å². The van der Waals surface area contributed by atoms with Gasteiger partial charge in [-0.05, 0) is 24.6 Å². The molecule has 23 heavy (non-hydrogen) atoms. The smallest absolute Gasteiger partial charge is 0.261 e. The average Bonchev–Trinajstić information content (AvgIpc) is 2.78. The van der Waals surface area contributed by atoms with Crippen LogP contribution in [0.3, 0.4) is 0 Å². The molecule has 4 heteroatoms. The molecule has 2 N–H and O–H groups in total. The van der Waals surface area contributed by atoms with E-state index in [-0.39, 0.29) is 12.2 Å². The van der Waals surface area contributed by atoms with Crippen LogP contribution in [0, 0.1) is 6.92 Å². The van der Waals surface area contributed by atoms with E-state index < -0.39 is 11.5 Å². The Hall–Kier alpha value is -2.72. The highest BCUT2D eigenvalue weighted by Gasteiger charge is 2.46. The van der Waals surface area contributed by atoms with Crippen molar-refractivity contribution in [3.05, 3.63) is 71.3 Å². The highest BCUT2D eigenvalue weighted by molar-refractivity contribution is 6.08. The Balaban J connectivity index is 1.82. The van der Waals surface area contributed by atoms with E-state index in [0.717, 1.165) is 11.1 Å². The number of hydrogen-bond donors (Lipinski definition) is 2. The summed E-state index contributed by atoms with van der Waals surface area (Å²) in [6.45, 7) is 1.88. The molecule has 1 unspecified atom stereocenters. The van der Waals surface area contributed by atoms with Gasteiger partial charge in [-0.2, -0.15) is 0 Å². The lowest BCUT2D eigenvalue weighted by Crippen LogP contribution is -2.36. The first kappa shape index (κ1) is 15.2. The number of aliphatic hydroxyl groups is 1. The number of fused-ring (bicyclic) bond motifs is 1. The highest BCUT2D eigenvalue weighted by Crippen LogP contribution is 2.39. The first-order valence-corrected chi connectivity index (χ1v) is 7.40. The molecule has 1 heterocycles. The maximum Gasteiger partial charge on any atom is 0.261 e. The molecule has 1 aliphatic heterocycles. The third kappa shape index (κ3) is 2.94. The molecule has 0 spiro atoms. The zero-order valence-electron chi connectivity index (χ0n) is 12.7. The summed E-state index contributed by atoms with van der Waals surface area (Å²) in [5, 5.41) is 13.4. The van der Waals surface area contributed by atoms with Crippen LogP contribution in [0.25, 0.3) is 6.08 Å². The zero-order chi connectivity index (χ0) is 16.4. The SMILES string of the molecule is Cc1ccc2c(c1)C(O)(CC(=O)C=Cc1ccccc1)C(=O)N2. The van der Waals surface area contributed by atoms with Crippen molar-refractivity contribution >= 4 is 23.5 Å². The molecule has 1 atom stereocenters. The molecular formula is C19H17NO3. The number of ketones is 1. The van der Waals surface area contributed by atoms with Crippen molar-refractivity contribution in [2.24, 2.45) is 0 Å². The minimum atomic E-state index is -1.81. The van der Waals surface area contributed by atoms with Crippen LogP contribution in [0.2, 0.25) is 0 Å². The van der Waals surface area contributed by atoms with Crippen molar-refractivity contribution in [1.82, 2.24) is 0 Å². The lowest BCUT2D eigenvalue weighted by atomic mass is 9.89. The molecule has 0 radical (unpaired) electrons. The van der Waals surface area contributed by atoms with E-state index in [2.05, 4.69) is 5.32 Å². The van der Waals surface area contributed by atoms with E-state index >= 15 is 0 Å².